The molecule has 24 heavy (non-hydrogen) atoms. The topological polar surface area (TPSA) is 39.3 Å². The Morgan fingerprint density at radius 1 is 1.21 bits per heavy atom. The molecule has 4 rings (SSSR count). The van der Waals surface area contributed by atoms with Gasteiger partial charge >= 0.3 is 0 Å². The molecule has 0 unspecified atom stereocenters. The van der Waals surface area contributed by atoms with E-state index in [4.69, 9.17) is 0 Å². The number of nitrogens with zero attached hydrogens (tertiary/aromatic N) is 2. The smallest absolute Gasteiger partial charge is 0.237 e. The molecule has 0 aliphatic carbocycles. The van der Waals surface area contributed by atoms with Gasteiger partial charge < -0.3 is 9.88 Å². The number of carbonyl (C=O) groups excluding carboxylic acids is 1. The van der Waals surface area contributed by atoms with E-state index in [-0.39, 0.29) is 5.91 Å². The van der Waals surface area contributed by atoms with Crippen LogP contribution in [0.2, 0.25) is 0 Å². The van der Waals surface area contributed by atoms with Gasteiger partial charge in [-0.25, -0.2) is 0 Å². The van der Waals surface area contributed by atoms with Gasteiger partial charge in [-0.2, -0.15) is 0 Å². The van der Waals surface area contributed by atoms with Crippen LogP contribution < -0.4 is 0 Å². The summed E-state index contributed by atoms with van der Waals surface area (Å²) in [5, 5.41) is 1.27. The van der Waals surface area contributed by atoms with E-state index in [9.17, 15) is 4.79 Å². The van der Waals surface area contributed by atoms with Crippen LogP contribution in [0.4, 0.5) is 0 Å². The van der Waals surface area contributed by atoms with Gasteiger partial charge in [-0.3, -0.25) is 9.69 Å². The molecule has 2 aliphatic heterocycles. The normalized spacial score (nSPS) is 25.0. The maximum Gasteiger partial charge on any atom is 0.237 e. The first-order valence-electron chi connectivity index (χ1n) is 9.18. The van der Waals surface area contributed by atoms with Crippen molar-refractivity contribution in [2.45, 2.75) is 33.2 Å². The molecule has 0 bridgehead atoms. The van der Waals surface area contributed by atoms with Crippen LogP contribution in [0.5, 0.6) is 0 Å². The van der Waals surface area contributed by atoms with Gasteiger partial charge in [0.15, 0.2) is 0 Å². The number of rotatable bonds is 2. The summed E-state index contributed by atoms with van der Waals surface area (Å²) in [7, 11) is 0. The fourth-order valence-corrected chi connectivity index (χ4v) is 4.59. The van der Waals surface area contributed by atoms with Crippen molar-refractivity contribution in [3.63, 3.8) is 0 Å². The third-order valence-corrected chi connectivity index (χ3v) is 5.54. The van der Waals surface area contributed by atoms with Crippen LogP contribution in [-0.2, 0) is 17.8 Å². The summed E-state index contributed by atoms with van der Waals surface area (Å²) in [6, 6.07) is 8.42. The Balaban J connectivity index is 1.47. The number of aromatic nitrogens is 1. The first-order chi connectivity index (χ1) is 11.6. The third kappa shape index (κ3) is 2.95. The standard InChI is InChI=1S/C20H27N3O/c1-14-9-15(2)11-22(10-14)13-20(24)23-8-7-19-17(12-23)16-5-3-4-6-18(16)21-19/h3-6,14-15,21H,7-13H2,1-2H3/t14-,15+. The minimum atomic E-state index is 0.284. The number of hydrogen-bond donors (Lipinski definition) is 1. The number of likely N-dealkylation sites (tertiary alicyclic amines) is 1. The van der Waals surface area contributed by atoms with Crippen LogP contribution >= 0.6 is 0 Å². The van der Waals surface area contributed by atoms with Gasteiger partial charge in [0.25, 0.3) is 0 Å². The summed E-state index contributed by atoms with van der Waals surface area (Å²) in [5.41, 5.74) is 3.81. The Bertz CT molecular complexity index is 740. The fourth-order valence-electron chi connectivity index (χ4n) is 4.59. The highest BCUT2D eigenvalue weighted by molar-refractivity contribution is 5.86. The molecule has 2 aliphatic rings. The molecule has 0 saturated carbocycles. The monoisotopic (exact) mass is 325 g/mol. The van der Waals surface area contributed by atoms with Gasteiger partial charge in [-0.15, -0.1) is 0 Å². The zero-order valence-electron chi connectivity index (χ0n) is 14.7. The van der Waals surface area contributed by atoms with Crippen molar-refractivity contribution in [2.75, 3.05) is 26.2 Å². The highest BCUT2D eigenvalue weighted by Gasteiger charge is 2.28. The second kappa shape index (κ2) is 6.25. The molecule has 2 atom stereocenters. The highest BCUT2D eigenvalue weighted by atomic mass is 16.2. The van der Waals surface area contributed by atoms with Crippen molar-refractivity contribution in [1.82, 2.24) is 14.8 Å². The second-order valence-electron chi connectivity index (χ2n) is 7.83. The van der Waals surface area contributed by atoms with Gasteiger partial charge in [0.05, 0.1) is 6.54 Å². The zero-order valence-corrected chi connectivity index (χ0v) is 14.7. The fraction of sp³-hybridized carbons (Fsp3) is 0.550. The van der Waals surface area contributed by atoms with E-state index in [1.54, 1.807) is 0 Å². The van der Waals surface area contributed by atoms with Crippen molar-refractivity contribution >= 4 is 16.8 Å². The van der Waals surface area contributed by atoms with Crippen molar-refractivity contribution in [3.05, 3.63) is 35.5 Å². The lowest BCUT2D eigenvalue weighted by Crippen LogP contribution is -2.46. The van der Waals surface area contributed by atoms with E-state index in [2.05, 4.69) is 48.0 Å². The molecule has 1 N–H and O–H groups in total. The average Bonchev–Trinajstić information content (AvgIpc) is 2.91. The number of nitrogens with one attached hydrogen (secondary N) is 1. The molecule has 2 aromatic rings. The SMILES string of the molecule is C[C@@H]1C[C@H](C)CN(CC(=O)N2CCc3[nH]c4ccccc4c3C2)C1. The highest BCUT2D eigenvalue weighted by Crippen LogP contribution is 2.28. The largest absolute Gasteiger partial charge is 0.358 e. The summed E-state index contributed by atoms with van der Waals surface area (Å²) < 4.78 is 0. The Kier molecular flexibility index (Phi) is 4.09. The summed E-state index contributed by atoms with van der Waals surface area (Å²) in [4.78, 5) is 20.7. The lowest BCUT2D eigenvalue weighted by molar-refractivity contribution is -0.134. The second-order valence-corrected chi connectivity index (χ2v) is 7.83. The van der Waals surface area contributed by atoms with E-state index >= 15 is 0 Å². The lowest BCUT2D eigenvalue weighted by Gasteiger charge is -2.36. The number of aromatic amines is 1. The molecule has 4 nitrogen and oxygen atoms in total. The number of para-hydroxylation sites is 1. The summed E-state index contributed by atoms with van der Waals surface area (Å²) in [6.45, 7) is 8.87. The first kappa shape index (κ1) is 15.7. The van der Waals surface area contributed by atoms with Crippen molar-refractivity contribution in [3.8, 4) is 0 Å². The molecule has 128 valence electrons. The minimum Gasteiger partial charge on any atom is -0.358 e. The van der Waals surface area contributed by atoms with Crippen LogP contribution in [0.15, 0.2) is 24.3 Å². The molecule has 0 radical (unpaired) electrons. The quantitative estimate of drug-likeness (QED) is 0.922. The van der Waals surface area contributed by atoms with Crippen LogP contribution in [0.25, 0.3) is 10.9 Å². The molecule has 1 aromatic heterocycles. The zero-order chi connectivity index (χ0) is 16.7. The van der Waals surface area contributed by atoms with Crippen molar-refractivity contribution in [2.24, 2.45) is 11.8 Å². The lowest BCUT2D eigenvalue weighted by atomic mass is 9.92. The van der Waals surface area contributed by atoms with Crippen molar-refractivity contribution in [1.29, 1.82) is 0 Å². The van der Waals surface area contributed by atoms with Gasteiger partial charge in [0, 0.05) is 54.8 Å². The molecule has 1 fully saturated rings. The molecule has 1 amide bonds. The summed E-state index contributed by atoms with van der Waals surface area (Å²) in [6.07, 6.45) is 2.22. The van der Waals surface area contributed by atoms with E-state index in [0.717, 1.165) is 32.6 Å². The Hall–Kier alpha value is -1.81. The third-order valence-electron chi connectivity index (χ3n) is 5.54. The van der Waals surface area contributed by atoms with Crippen LogP contribution in [0, 0.1) is 11.8 Å². The van der Waals surface area contributed by atoms with Crippen LogP contribution in [-0.4, -0.2) is 46.9 Å². The molecule has 4 heteroatoms. The van der Waals surface area contributed by atoms with E-state index < -0.39 is 0 Å². The Labute approximate surface area is 143 Å². The summed E-state index contributed by atoms with van der Waals surface area (Å²) in [5.74, 6) is 1.68. The molecule has 1 saturated heterocycles. The van der Waals surface area contributed by atoms with Gasteiger partial charge in [0.1, 0.15) is 0 Å². The predicted octanol–water partition coefficient (Wildman–Crippen LogP) is 3.03. The van der Waals surface area contributed by atoms with Gasteiger partial charge in [-0.1, -0.05) is 32.0 Å². The average molecular weight is 325 g/mol. The van der Waals surface area contributed by atoms with E-state index in [0.29, 0.717) is 18.4 Å². The molecule has 0 spiro atoms. The Morgan fingerprint density at radius 2 is 1.96 bits per heavy atom. The number of benzene rings is 1. The minimum absolute atomic E-state index is 0.284. The number of H-pyrrole nitrogens is 1. The van der Waals surface area contributed by atoms with Crippen molar-refractivity contribution < 1.29 is 4.79 Å². The number of carbonyl (C=O) groups is 1. The maximum atomic E-state index is 12.8. The van der Waals surface area contributed by atoms with Crippen LogP contribution in [0.1, 0.15) is 31.5 Å². The van der Waals surface area contributed by atoms with Gasteiger partial charge in [0.2, 0.25) is 5.91 Å². The summed E-state index contributed by atoms with van der Waals surface area (Å²) >= 11 is 0. The first-order valence-corrected chi connectivity index (χ1v) is 9.18. The van der Waals surface area contributed by atoms with Gasteiger partial charge in [-0.05, 0) is 24.3 Å². The number of fused-ring (bicyclic) bond motifs is 3. The van der Waals surface area contributed by atoms with E-state index in [1.807, 2.05) is 4.90 Å². The molecule has 3 heterocycles. The maximum absolute atomic E-state index is 12.8. The number of piperidine rings is 1. The Morgan fingerprint density at radius 3 is 2.75 bits per heavy atom. The van der Waals surface area contributed by atoms with Crippen LogP contribution in [0.3, 0.4) is 0 Å². The van der Waals surface area contributed by atoms with E-state index in [1.165, 1.54) is 28.6 Å². The predicted molar refractivity (Wildman–Crippen MR) is 96.8 cm³/mol. The molecule has 1 aromatic carbocycles. The molecular weight excluding hydrogens is 298 g/mol. The number of amides is 1. The molecular formula is C20H27N3O. The number of hydrogen-bond acceptors (Lipinski definition) is 2.